The van der Waals surface area contributed by atoms with E-state index in [1.807, 2.05) is 24.3 Å². The van der Waals surface area contributed by atoms with Crippen molar-refractivity contribution in [2.75, 3.05) is 60.9 Å². The van der Waals surface area contributed by atoms with E-state index >= 15 is 0 Å². The van der Waals surface area contributed by atoms with Gasteiger partial charge in [-0.15, -0.1) is 0 Å². The lowest BCUT2D eigenvalue weighted by atomic mass is 9.97. The number of nitrogens with one attached hydrogen (secondary N) is 4. The van der Waals surface area contributed by atoms with Crippen molar-refractivity contribution in [2.24, 2.45) is 21.7 Å². The second-order valence-electron chi connectivity index (χ2n) is 24.8. The maximum atomic E-state index is 13.2. The smallest absolute Gasteiger partial charge is 0.411 e. The molecule has 0 radical (unpaired) electrons. The Morgan fingerprint density at radius 1 is 0.329 bits per heavy atom. The molecule has 0 saturated heterocycles. The summed E-state index contributed by atoms with van der Waals surface area (Å²) in [5.41, 5.74) is 3.37. The van der Waals surface area contributed by atoms with Crippen LogP contribution in [-0.4, -0.2) is 87.3 Å². The number of benzene rings is 4. The van der Waals surface area contributed by atoms with Crippen LogP contribution in [0.15, 0.2) is 114 Å². The van der Waals surface area contributed by atoms with Gasteiger partial charge in [0.2, 0.25) is 0 Å². The number of hydrogen-bond acceptors (Lipinski definition) is 15. The molecule has 0 unspecified atom stereocenters. The Morgan fingerprint density at radius 2 is 0.573 bits per heavy atom. The fourth-order valence-corrected chi connectivity index (χ4v) is 6.61. The Balaban J connectivity index is 1.47. The maximum Gasteiger partial charge on any atom is 0.411 e. The summed E-state index contributed by atoms with van der Waals surface area (Å²) in [5.74, 6) is -1.67. The number of ether oxygens (including phenoxy) is 7. The van der Waals surface area contributed by atoms with Crippen molar-refractivity contribution in [2.45, 2.75) is 116 Å². The second kappa shape index (κ2) is 29.3. The Labute approximate surface area is 482 Å². The lowest BCUT2D eigenvalue weighted by Crippen LogP contribution is -2.26. The van der Waals surface area contributed by atoms with Crippen molar-refractivity contribution in [3.8, 4) is 0 Å². The van der Waals surface area contributed by atoms with Crippen LogP contribution in [0.4, 0.5) is 37.1 Å². The van der Waals surface area contributed by atoms with Crippen molar-refractivity contribution in [3.05, 3.63) is 136 Å². The highest BCUT2D eigenvalue weighted by atomic mass is 16.6. The van der Waals surface area contributed by atoms with Crippen molar-refractivity contribution in [1.82, 2.24) is 0 Å². The SMILES string of the molecule is CC(C)(C)Nc1ccc(COC(=O)Nc2ccc(C=C(COC(=O)Nc3ccc(C=C(COC(=O)C(C)(C)C)COC(=O)C(C)(C)C)cc3)COC(=O)Nc3ccc(C=C(COC(=O)C(C)(C)C)COC(=O)C(C)(C)C)cc3)cc2)cc1. The minimum absolute atomic E-state index is 0.0611. The average molecular weight is 1130 g/mol. The summed E-state index contributed by atoms with van der Waals surface area (Å²) in [4.78, 5) is 89.5. The van der Waals surface area contributed by atoms with Crippen LogP contribution in [0.1, 0.15) is 126 Å². The molecule has 4 aromatic rings. The molecule has 0 fully saturated rings. The molecule has 0 aliphatic rings. The zero-order valence-electron chi connectivity index (χ0n) is 50.1. The zero-order valence-corrected chi connectivity index (χ0v) is 50.1. The lowest BCUT2D eigenvalue weighted by molar-refractivity contribution is -0.154. The Kier molecular flexibility index (Phi) is 23.7. The standard InChI is InChI=1S/C64H82N4O14/c1-60(2,3)53(69)76-36-46(37-77-54(70)61(4,5)6)32-42-16-24-50(25-17-42)66-58(74)81-40-48(34-44-20-28-49(29-21-44)65-57(73)80-35-45-22-30-52(31-23-45)68-64(13,14)15)41-82-59(75)67-51-26-18-43(19-27-51)33-47(38-78-55(71)62(7,8)9)39-79-56(72)63(10,11)12/h16-34,68H,35-41H2,1-15H3,(H,65,73)(H,66,74)(H,67,75). The number of rotatable bonds is 21. The first-order valence-electron chi connectivity index (χ1n) is 26.9. The summed E-state index contributed by atoms with van der Waals surface area (Å²) in [6.45, 7) is 26.1. The van der Waals surface area contributed by atoms with E-state index in [2.05, 4.69) is 42.0 Å². The van der Waals surface area contributed by atoms with Crippen LogP contribution < -0.4 is 21.3 Å². The molecule has 0 saturated carbocycles. The first kappa shape index (κ1) is 66.1. The number of hydrogen-bond donors (Lipinski definition) is 4. The van der Waals surface area contributed by atoms with E-state index in [0.29, 0.717) is 50.5 Å². The van der Waals surface area contributed by atoms with Gasteiger partial charge >= 0.3 is 42.2 Å². The molecule has 3 amide bonds. The molecule has 442 valence electrons. The number of amides is 3. The summed E-state index contributed by atoms with van der Waals surface area (Å²) in [5, 5.41) is 11.5. The number of carbonyl (C=O) groups excluding carboxylic acids is 7. The van der Waals surface area contributed by atoms with Crippen molar-refractivity contribution in [3.63, 3.8) is 0 Å². The molecular formula is C64H82N4O14. The molecule has 0 aliphatic carbocycles. The monoisotopic (exact) mass is 1130 g/mol. The lowest BCUT2D eigenvalue weighted by Gasteiger charge is -2.22. The van der Waals surface area contributed by atoms with E-state index < -0.39 is 63.8 Å². The van der Waals surface area contributed by atoms with Gasteiger partial charge in [0.15, 0.2) is 0 Å². The molecule has 0 bridgehead atoms. The average Bonchev–Trinajstić information content (AvgIpc) is 3.42. The van der Waals surface area contributed by atoms with Gasteiger partial charge in [0.05, 0.1) is 21.7 Å². The molecule has 0 aromatic heterocycles. The van der Waals surface area contributed by atoms with E-state index in [4.69, 9.17) is 33.2 Å². The highest BCUT2D eigenvalue weighted by Gasteiger charge is 2.27. The number of esters is 4. The third-order valence-corrected chi connectivity index (χ3v) is 11.2. The van der Waals surface area contributed by atoms with Crippen LogP contribution in [0.25, 0.3) is 18.2 Å². The van der Waals surface area contributed by atoms with E-state index in [-0.39, 0.29) is 51.8 Å². The van der Waals surface area contributed by atoms with Gasteiger partial charge in [-0.05, 0) is 193 Å². The van der Waals surface area contributed by atoms with Gasteiger partial charge in [0.25, 0.3) is 0 Å². The van der Waals surface area contributed by atoms with Gasteiger partial charge < -0.3 is 38.5 Å². The highest BCUT2D eigenvalue weighted by molar-refractivity contribution is 5.87. The topological polar surface area (TPSA) is 232 Å². The molecule has 4 aromatic carbocycles. The van der Waals surface area contributed by atoms with E-state index in [0.717, 1.165) is 11.3 Å². The molecule has 0 spiro atoms. The van der Waals surface area contributed by atoms with Gasteiger partial charge in [-0.25, -0.2) is 14.4 Å². The predicted molar refractivity (Wildman–Crippen MR) is 318 cm³/mol. The van der Waals surface area contributed by atoms with Crippen molar-refractivity contribution >= 4 is 83.1 Å². The maximum absolute atomic E-state index is 13.2. The summed E-state index contributed by atoms with van der Waals surface area (Å²) in [7, 11) is 0. The van der Waals surface area contributed by atoms with Gasteiger partial charge in [0.1, 0.15) is 46.2 Å². The highest BCUT2D eigenvalue weighted by Crippen LogP contribution is 2.24. The first-order chi connectivity index (χ1) is 38.1. The molecule has 82 heavy (non-hydrogen) atoms. The van der Waals surface area contributed by atoms with Gasteiger partial charge in [-0.2, -0.15) is 0 Å². The molecule has 4 N–H and O–H groups in total. The Morgan fingerprint density at radius 3 is 0.829 bits per heavy atom. The fraction of sp³-hybridized carbons (Fsp3) is 0.422. The van der Waals surface area contributed by atoms with E-state index in [1.165, 1.54) is 0 Å². The minimum Gasteiger partial charge on any atom is -0.461 e. The molecular weight excluding hydrogens is 1050 g/mol. The molecule has 18 nitrogen and oxygen atoms in total. The zero-order chi connectivity index (χ0) is 61.1. The molecule has 0 heterocycles. The van der Waals surface area contributed by atoms with Crippen LogP contribution in [0.3, 0.4) is 0 Å². The van der Waals surface area contributed by atoms with Gasteiger partial charge in [0, 0.05) is 45.0 Å². The fourth-order valence-electron chi connectivity index (χ4n) is 6.61. The summed E-state index contributed by atoms with van der Waals surface area (Å²) in [6, 6.07) is 27.8. The number of carbonyl (C=O) groups is 7. The van der Waals surface area contributed by atoms with E-state index in [1.54, 1.807) is 174 Å². The molecule has 18 heteroatoms. The van der Waals surface area contributed by atoms with Crippen molar-refractivity contribution < 1.29 is 66.7 Å². The van der Waals surface area contributed by atoms with E-state index in [9.17, 15) is 33.6 Å². The first-order valence-corrected chi connectivity index (χ1v) is 26.9. The Hall–Kier alpha value is -8.41. The van der Waals surface area contributed by atoms with Crippen LogP contribution in [0.5, 0.6) is 0 Å². The quantitative estimate of drug-likeness (QED) is 0.0449. The van der Waals surface area contributed by atoms with Crippen LogP contribution in [-0.2, 0) is 58.9 Å². The Bertz CT molecular complexity index is 2720. The molecule has 0 atom stereocenters. The molecule has 0 aliphatic heterocycles. The second-order valence-corrected chi connectivity index (χ2v) is 24.8. The molecule has 4 rings (SSSR count). The van der Waals surface area contributed by atoms with Crippen molar-refractivity contribution in [1.29, 1.82) is 0 Å². The third kappa shape index (κ3) is 24.9. The van der Waals surface area contributed by atoms with Crippen LogP contribution in [0, 0.1) is 21.7 Å². The largest absolute Gasteiger partial charge is 0.461 e. The summed E-state index contributed by atoms with van der Waals surface area (Å²) < 4.78 is 38.8. The number of anilines is 4. The third-order valence-electron chi connectivity index (χ3n) is 11.2. The van der Waals surface area contributed by atoms with Crippen LogP contribution in [0.2, 0.25) is 0 Å². The van der Waals surface area contributed by atoms with Gasteiger partial charge in [-0.1, -0.05) is 48.5 Å². The normalized spacial score (nSPS) is 11.5. The predicted octanol–water partition coefficient (Wildman–Crippen LogP) is 13.7. The summed E-state index contributed by atoms with van der Waals surface area (Å²) in [6.07, 6.45) is 2.87. The minimum atomic E-state index is -0.810. The van der Waals surface area contributed by atoms with Crippen LogP contribution >= 0.6 is 0 Å². The summed E-state index contributed by atoms with van der Waals surface area (Å²) >= 11 is 0. The van der Waals surface area contributed by atoms with Gasteiger partial charge in [-0.3, -0.25) is 35.1 Å².